The van der Waals surface area contributed by atoms with Crippen molar-refractivity contribution in [2.24, 2.45) is 5.92 Å². The van der Waals surface area contributed by atoms with Gasteiger partial charge in [0.05, 0.1) is 27.6 Å². The van der Waals surface area contributed by atoms with Gasteiger partial charge >= 0.3 is 6.03 Å². The Balaban J connectivity index is 1.59. The third kappa shape index (κ3) is 5.65. The maximum atomic E-state index is 13.7. The topological polar surface area (TPSA) is 116 Å². The van der Waals surface area contributed by atoms with E-state index in [0.717, 1.165) is 44.8 Å². The number of aliphatic hydroxyl groups is 1. The number of urea groups is 1. The Morgan fingerprint density at radius 1 is 1.11 bits per heavy atom. The number of fused-ring (bicyclic) bond motifs is 1. The molecule has 2 amide bonds. The van der Waals surface area contributed by atoms with Crippen LogP contribution in [-0.2, 0) is 27.5 Å². The Labute approximate surface area is 227 Å². The van der Waals surface area contributed by atoms with Gasteiger partial charge in [-0.3, -0.25) is 4.90 Å². The van der Waals surface area contributed by atoms with Crippen molar-refractivity contribution in [2.45, 2.75) is 119 Å². The third-order valence-corrected chi connectivity index (χ3v) is 12.3. The summed E-state index contributed by atoms with van der Waals surface area (Å²) in [6, 6.07) is 6.72. The first-order chi connectivity index (χ1) is 17.9. The van der Waals surface area contributed by atoms with Crippen molar-refractivity contribution in [3.05, 3.63) is 35.4 Å². The number of hydrogen-bond donors (Lipinski definition) is 3. The molecule has 1 saturated heterocycles. The van der Waals surface area contributed by atoms with Crippen LogP contribution >= 0.6 is 0 Å². The molecule has 0 spiro atoms. The Bertz CT molecular complexity index is 1080. The number of aldehydes is 1. The number of likely N-dealkylation sites (tertiary alicyclic amines) is 1. The van der Waals surface area contributed by atoms with E-state index in [1.807, 2.05) is 12.1 Å². The summed E-state index contributed by atoms with van der Waals surface area (Å²) in [7, 11) is -3.54. The van der Waals surface area contributed by atoms with Gasteiger partial charge in [0, 0.05) is 6.54 Å². The highest BCUT2D eigenvalue weighted by atomic mass is 32.2. The molecule has 212 valence electrons. The summed E-state index contributed by atoms with van der Waals surface area (Å²) in [5.41, 5.74) is 1.54. The van der Waals surface area contributed by atoms with Gasteiger partial charge in [0.15, 0.2) is 9.84 Å². The molecule has 1 aromatic rings. The standard InChI is InChI=1S/C29H45N3O5S/c1-20(38(36,37)28(2,3)4)29(14-8-5-9-15-29)31-27(35)30-25(26(34)32-16-10-13-24(32)19-33)23-17-21-11-6-7-12-22(21)18-23/h6-7,11-12,19-20,23-26,34H,5,8-10,13-18H2,1-4H3,(H2,30,31,35)/t20-,24+,25+,26?/m1/s1. The van der Waals surface area contributed by atoms with Crippen LogP contribution in [0.4, 0.5) is 4.79 Å². The van der Waals surface area contributed by atoms with Crippen LogP contribution in [0.5, 0.6) is 0 Å². The molecule has 3 aliphatic rings. The minimum Gasteiger partial charge on any atom is -0.376 e. The fraction of sp³-hybridized carbons (Fsp3) is 0.724. The van der Waals surface area contributed by atoms with Crippen LogP contribution in [0.1, 0.15) is 83.8 Å². The molecular formula is C29H45N3O5S. The molecule has 4 atom stereocenters. The first kappa shape index (κ1) is 29.0. The second kappa shape index (κ2) is 11.3. The van der Waals surface area contributed by atoms with Crippen molar-refractivity contribution in [1.29, 1.82) is 0 Å². The average molecular weight is 548 g/mol. The van der Waals surface area contributed by atoms with E-state index in [-0.39, 0.29) is 12.0 Å². The van der Waals surface area contributed by atoms with Crippen LogP contribution in [0.15, 0.2) is 24.3 Å². The van der Waals surface area contributed by atoms with Crippen LogP contribution in [0, 0.1) is 5.92 Å². The molecule has 3 N–H and O–H groups in total. The van der Waals surface area contributed by atoms with Crippen molar-refractivity contribution < 1.29 is 23.1 Å². The zero-order valence-corrected chi connectivity index (χ0v) is 24.1. The van der Waals surface area contributed by atoms with E-state index in [2.05, 4.69) is 22.8 Å². The van der Waals surface area contributed by atoms with Crippen LogP contribution in [0.25, 0.3) is 0 Å². The first-order valence-electron chi connectivity index (χ1n) is 14.2. The SMILES string of the molecule is C[C@H](C1(NC(=O)N[C@@H](C2Cc3ccccc3C2)C(O)N2CCC[C@H]2C=O)CCCCC1)S(=O)(=O)C(C)(C)C. The predicted molar refractivity (Wildman–Crippen MR) is 149 cm³/mol. The lowest BCUT2D eigenvalue weighted by Gasteiger charge is -2.45. The largest absolute Gasteiger partial charge is 0.376 e. The highest BCUT2D eigenvalue weighted by Crippen LogP contribution is 2.38. The van der Waals surface area contributed by atoms with Gasteiger partial charge in [0.2, 0.25) is 0 Å². The Kier molecular flexibility index (Phi) is 8.60. The molecule has 0 bridgehead atoms. The van der Waals surface area contributed by atoms with Crippen LogP contribution in [0.2, 0.25) is 0 Å². The lowest BCUT2D eigenvalue weighted by molar-refractivity contribution is -0.117. The molecule has 1 heterocycles. The Morgan fingerprint density at radius 3 is 2.26 bits per heavy atom. The van der Waals surface area contributed by atoms with Crippen molar-refractivity contribution in [3.63, 3.8) is 0 Å². The molecule has 8 nitrogen and oxygen atoms in total. The third-order valence-electron chi connectivity index (χ3n) is 9.25. The van der Waals surface area contributed by atoms with Gasteiger partial charge in [-0.1, -0.05) is 43.5 Å². The smallest absolute Gasteiger partial charge is 0.315 e. The molecule has 2 aliphatic carbocycles. The number of carbonyl (C=O) groups is 2. The lowest BCUT2D eigenvalue weighted by atomic mass is 9.79. The minimum atomic E-state index is -3.54. The molecule has 38 heavy (non-hydrogen) atoms. The summed E-state index contributed by atoms with van der Waals surface area (Å²) in [6.45, 7) is 7.44. The molecule has 2 fully saturated rings. The summed E-state index contributed by atoms with van der Waals surface area (Å²) in [5, 5.41) is 17.0. The summed E-state index contributed by atoms with van der Waals surface area (Å²) < 4.78 is 26.0. The van der Waals surface area contributed by atoms with Gasteiger partial charge < -0.3 is 20.5 Å². The summed E-state index contributed by atoms with van der Waals surface area (Å²) in [5.74, 6) is -0.0425. The summed E-state index contributed by atoms with van der Waals surface area (Å²) in [6.07, 6.45) is 6.71. The normalized spacial score (nSPS) is 24.8. The Morgan fingerprint density at radius 2 is 1.71 bits per heavy atom. The monoisotopic (exact) mass is 547 g/mol. The van der Waals surface area contributed by atoms with Crippen LogP contribution in [0.3, 0.4) is 0 Å². The van der Waals surface area contributed by atoms with Gasteiger partial charge in [-0.2, -0.15) is 0 Å². The second-order valence-electron chi connectivity index (χ2n) is 12.6. The van der Waals surface area contributed by atoms with Crippen LogP contribution in [-0.4, -0.2) is 71.1 Å². The highest BCUT2D eigenvalue weighted by molar-refractivity contribution is 7.93. The number of nitrogens with one attached hydrogen (secondary N) is 2. The number of aliphatic hydroxyl groups excluding tert-OH is 1. The molecule has 4 rings (SSSR count). The van der Waals surface area contributed by atoms with Gasteiger partial charge in [0.25, 0.3) is 0 Å². The van der Waals surface area contributed by atoms with Crippen molar-refractivity contribution >= 4 is 22.2 Å². The minimum absolute atomic E-state index is 0.0425. The number of sulfone groups is 1. The van der Waals surface area contributed by atoms with E-state index in [4.69, 9.17) is 0 Å². The fourth-order valence-electron chi connectivity index (χ4n) is 6.83. The highest BCUT2D eigenvalue weighted by Gasteiger charge is 2.49. The van der Waals surface area contributed by atoms with Crippen molar-refractivity contribution in [3.8, 4) is 0 Å². The lowest BCUT2D eigenvalue weighted by Crippen LogP contribution is -2.65. The van der Waals surface area contributed by atoms with Crippen molar-refractivity contribution in [2.75, 3.05) is 6.54 Å². The van der Waals surface area contributed by atoms with E-state index in [1.54, 1.807) is 32.6 Å². The maximum absolute atomic E-state index is 13.7. The van der Waals surface area contributed by atoms with E-state index in [0.29, 0.717) is 25.8 Å². The molecular weight excluding hydrogens is 502 g/mol. The Hall–Kier alpha value is -1.97. The summed E-state index contributed by atoms with van der Waals surface area (Å²) in [4.78, 5) is 27.2. The molecule has 1 unspecified atom stereocenters. The second-order valence-corrected chi connectivity index (χ2v) is 15.6. The number of nitrogens with zero attached hydrogens (tertiary/aromatic N) is 1. The van der Waals surface area contributed by atoms with E-state index in [9.17, 15) is 23.1 Å². The molecule has 0 radical (unpaired) electrons. The quantitative estimate of drug-likeness (QED) is 0.430. The molecule has 9 heteroatoms. The van der Waals surface area contributed by atoms with E-state index in [1.165, 1.54) is 11.1 Å². The van der Waals surface area contributed by atoms with Crippen LogP contribution < -0.4 is 10.6 Å². The molecule has 1 aromatic carbocycles. The number of rotatable bonds is 8. The summed E-state index contributed by atoms with van der Waals surface area (Å²) >= 11 is 0. The van der Waals surface area contributed by atoms with Gasteiger partial charge in [0.1, 0.15) is 12.5 Å². The van der Waals surface area contributed by atoms with Gasteiger partial charge in [-0.05, 0) is 83.3 Å². The van der Waals surface area contributed by atoms with E-state index >= 15 is 0 Å². The van der Waals surface area contributed by atoms with Gasteiger partial charge in [-0.15, -0.1) is 0 Å². The maximum Gasteiger partial charge on any atom is 0.315 e. The van der Waals surface area contributed by atoms with Crippen molar-refractivity contribution in [1.82, 2.24) is 15.5 Å². The van der Waals surface area contributed by atoms with Gasteiger partial charge in [-0.25, -0.2) is 13.2 Å². The fourth-order valence-corrected chi connectivity index (χ4v) is 8.78. The predicted octanol–water partition coefficient (Wildman–Crippen LogP) is 3.36. The van der Waals surface area contributed by atoms with E-state index < -0.39 is 43.7 Å². The number of hydrogen-bond acceptors (Lipinski definition) is 6. The zero-order chi connectivity index (χ0) is 27.7. The molecule has 1 aliphatic heterocycles. The average Bonchev–Trinajstić information content (AvgIpc) is 3.53. The number of benzene rings is 1. The molecule has 0 aromatic heterocycles. The molecule has 1 saturated carbocycles. The number of carbonyl (C=O) groups excluding carboxylic acids is 2. The first-order valence-corrected chi connectivity index (χ1v) is 15.7. The number of amides is 2. The zero-order valence-electron chi connectivity index (χ0n) is 23.3.